The van der Waals surface area contributed by atoms with Crippen LogP contribution >= 0.6 is 0 Å². The molecule has 30 heteroatoms. The van der Waals surface area contributed by atoms with Crippen molar-refractivity contribution in [3.63, 3.8) is 0 Å². The summed E-state index contributed by atoms with van der Waals surface area (Å²) in [6.45, 7) is -3.36. The van der Waals surface area contributed by atoms with Crippen molar-refractivity contribution in [3.8, 4) is 0 Å². The van der Waals surface area contributed by atoms with Crippen LogP contribution in [0.3, 0.4) is 0 Å². The molecule has 30 nitrogen and oxygen atoms in total. The summed E-state index contributed by atoms with van der Waals surface area (Å²) >= 11 is 0. The summed E-state index contributed by atoms with van der Waals surface area (Å²) in [5.41, 5.74) is 5.49. The zero-order valence-electron chi connectivity index (χ0n) is 36.1. The van der Waals surface area contributed by atoms with Gasteiger partial charge in [-0.2, -0.15) is 0 Å². The average Bonchev–Trinajstić information content (AvgIpc) is 3.29. The number of unbranched alkanes of at least 4 members (excludes halogenated alkanes) is 2. The Labute approximate surface area is 381 Å². The van der Waals surface area contributed by atoms with Gasteiger partial charge in [0.1, 0.15) is 116 Å². The van der Waals surface area contributed by atoms with E-state index in [0.717, 1.165) is 6.92 Å². The SMILES string of the molecule is CC(=O)NC1C(OC2C(O)C(CO)OC(OC3C(CO)OC(OC4C(C[N+](=O)[O-])OC(OCCCCCN)C(O)C4O)C(O)C3O)C2O)OC(CO)C(O)C1OC1OC(CO)C(O)C(O)C1O. The standard InChI is InChI=1S/C37H65N3O27/c1-12(45)39-18-31(66-35-25(52)22(49)19(46)14(8-41)61-35)20(47)15(9-42)60-33(18)67-32-21(48)16(10-43)62-37(28(32)55)65-30-17(11-44)63-36(27(54)24(30)51)64-29-13(7-40(56)57)59-34(26(53)23(29)50)58-6-4-2-3-5-38/h13-37,41-44,46-55H,2-11,38H2,1H3,(H,39,45). The molecule has 1 amide bonds. The Hall–Kier alpha value is -2.13. The Morgan fingerprint density at radius 2 is 0.955 bits per heavy atom. The van der Waals surface area contributed by atoms with E-state index >= 15 is 0 Å². The zero-order chi connectivity index (χ0) is 49.4. The number of carbonyl (C=O) groups is 1. The monoisotopic (exact) mass is 983 g/mol. The normalized spacial score (nSPS) is 46.2. The summed E-state index contributed by atoms with van der Waals surface area (Å²) in [7, 11) is 0. The van der Waals surface area contributed by atoms with E-state index < -0.39 is 197 Å². The molecule has 0 aromatic carbocycles. The topological polar surface area (TPSA) is 474 Å². The Morgan fingerprint density at radius 1 is 0.522 bits per heavy atom. The second-order valence-corrected chi connectivity index (χ2v) is 16.7. The molecule has 390 valence electrons. The molecule has 5 aliphatic heterocycles. The number of hydrogen-bond donors (Lipinski definition) is 16. The van der Waals surface area contributed by atoms with Gasteiger partial charge in [-0.3, -0.25) is 14.9 Å². The molecule has 0 saturated carbocycles. The van der Waals surface area contributed by atoms with Gasteiger partial charge in [-0.25, -0.2) is 0 Å². The van der Waals surface area contributed by atoms with Gasteiger partial charge in [0.15, 0.2) is 37.6 Å². The lowest BCUT2D eigenvalue weighted by Crippen LogP contribution is -2.70. The predicted molar refractivity (Wildman–Crippen MR) is 210 cm³/mol. The van der Waals surface area contributed by atoms with Crippen LogP contribution in [0.15, 0.2) is 0 Å². The molecule has 25 atom stereocenters. The van der Waals surface area contributed by atoms with Crippen LogP contribution in [0.25, 0.3) is 0 Å². The lowest BCUT2D eigenvalue weighted by molar-refractivity contribution is -0.505. The van der Waals surface area contributed by atoms with Gasteiger partial charge in [0, 0.05) is 18.5 Å². The lowest BCUT2D eigenvalue weighted by atomic mass is 9.94. The van der Waals surface area contributed by atoms with E-state index in [1.54, 1.807) is 0 Å². The fourth-order valence-electron chi connectivity index (χ4n) is 8.32. The van der Waals surface area contributed by atoms with E-state index in [1.165, 1.54) is 0 Å². The lowest BCUT2D eigenvalue weighted by Gasteiger charge is -2.50. The minimum atomic E-state index is -2.18. The van der Waals surface area contributed by atoms with E-state index in [1.807, 2.05) is 0 Å². The van der Waals surface area contributed by atoms with E-state index in [0.29, 0.717) is 25.8 Å². The third-order valence-corrected chi connectivity index (χ3v) is 12.0. The van der Waals surface area contributed by atoms with Gasteiger partial charge in [0.25, 0.3) is 0 Å². The molecule has 0 aromatic heterocycles. The molecule has 0 spiro atoms. The van der Waals surface area contributed by atoms with Crippen LogP contribution in [0, 0.1) is 10.1 Å². The number of nitrogens with zero attached hydrogens (tertiary/aromatic N) is 1. The molecule has 0 bridgehead atoms. The Kier molecular flexibility index (Phi) is 21.1. The molecule has 5 heterocycles. The highest BCUT2D eigenvalue weighted by Gasteiger charge is 2.57. The molecule has 5 aliphatic rings. The van der Waals surface area contributed by atoms with E-state index in [4.69, 9.17) is 53.1 Å². The van der Waals surface area contributed by atoms with Crippen molar-refractivity contribution in [1.29, 1.82) is 0 Å². The second-order valence-electron chi connectivity index (χ2n) is 16.7. The van der Waals surface area contributed by atoms with E-state index in [2.05, 4.69) is 5.32 Å². The first kappa shape index (κ1) is 55.8. The number of carbonyl (C=O) groups excluding carboxylic acids is 1. The fourth-order valence-corrected chi connectivity index (χ4v) is 8.32. The molecule has 5 saturated heterocycles. The third kappa shape index (κ3) is 13.1. The molecule has 67 heavy (non-hydrogen) atoms. The van der Waals surface area contributed by atoms with Crippen LogP contribution in [0.5, 0.6) is 0 Å². The summed E-state index contributed by atoms with van der Waals surface area (Å²) in [5, 5.41) is 164. The molecule has 0 radical (unpaired) electrons. The molecule has 17 N–H and O–H groups in total. The minimum Gasteiger partial charge on any atom is -0.394 e. The summed E-state index contributed by atoms with van der Waals surface area (Å²) in [5.74, 6) is -0.818. The number of rotatable bonds is 21. The number of aliphatic hydroxyl groups excluding tert-OH is 14. The largest absolute Gasteiger partial charge is 0.394 e. The van der Waals surface area contributed by atoms with Gasteiger partial charge < -0.3 is 130 Å². The highest BCUT2D eigenvalue weighted by Crippen LogP contribution is 2.36. The van der Waals surface area contributed by atoms with Crippen LogP contribution < -0.4 is 11.1 Å². The summed E-state index contributed by atoms with van der Waals surface area (Å²) in [4.78, 5) is 23.3. The van der Waals surface area contributed by atoms with Crippen LogP contribution in [0.1, 0.15) is 26.2 Å². The second kappa shape index (κ2) is 25.3. The maximum absolute atomic E-state index is 12.5. The zero-order valence-corrected chi connectivity index (χ0v) is 36.1. The number of hydrogen-bond acceptors (Lipinski definition) is 28. The minimum absolute atomic E-state index is 0.0376. The van der Waals surface area contributed by atoms with Crippen molar-refractivity contribution in [2.45, 2.75) is 180 Å². The first-order chi connectivity index (χ1) is 31.8. The quantitative estimate of drug-likeness (QED) is 0.0288. The maximum atomic E-state index is 12.5. The fraction of sp³-hybridized carbons (Fsp3) is 0.973. The molecule has 0 aromatic rings. The molecule has 5 rings (SSSR count). The van der Waals surface area contributed by atoms with Gasteiger partial charge in [0.2, 0.25) is 12.5 Å². The number of nitrogens with two attached hydrogens (primary N) is 1. The van der Waals surface area contributed by atoms with Gasteiger partial charge in [-0.15, -0.1) is 0 Å². The maximum Gasteiger partial charge on any atom is 0.232 e. The van der Waals surface area contributed by atoms with Crippen molar-refractivity contribution < 1.29 is 129 Å². The number of aliphatic hydroxyl groups is 14. The van der Waals surface area contributed by atoms with Crippen molar-refractivity contribution in [3.05, 3.63) is 10.1 Å². The first-order valence-electron chi connectivity index (χ1n) is 21.7. The summed E-state index contributed by atoms with van der Waals surface area (Å²) in [6, 6.07) is -1.69. The molecule has 5 fully saturated rings. The van der Waals surface area contributed by atoms with Gasteiger partial charge in [-0.1, -0.05) is 0 Å². The van der Waals surface area contributed by atoms with Gasteiger partial charge in [0.05, 0.1) is 26.4 Å². The van der Waals surface area contributed by atoms with Crippen molar-refractivity contribution in [2.24, 2.45) is 5.73 Å². The summed E-state index contributed by atoms with van der Waals surface area (Å²) < 4.78 is 56.7. The Morgan fingerprint density at radius 3 is 1.49 bits per heavy atom. The molecule has 0 aliphatic carbocycles. The number of nitro groups is 1. The highest BCUT2D eigenvalue weighted by atomic mass is 16.8. The predicted octanol–water partition coefficient (Wildman–Crippen LogP) is -10.3. The number of nitrogens with one attached hydrogen (secondary N) is 1. The Bertz CT molecular complexity index is 1530. The van der Waals surface area contributed by atoms with Crippen molar-refractivity contribution >= 4 is 5.91 Å². The number of amides is 1. The molecular weight excluding hydrogens is 918 g/mol. The highest BCUT2D eigenvalue weighted by molar-refractivity contribution is 5.73. The van der Waals surface area contributed by atoms with E-state index in [-0.39, 0.29) is 6.61 Å². The third-order valence-electron chi connectivity index (χ3n) is 12.0. The molecular formula is C37H65N3O27. The van der Waals surface area contributed by atoms with Gasteiger partial charge >= 0.3 is 0 Å². The van der Waals surface area contributed by atoms with Gasteiger partial charge in [-0.05, 0) is 25.8 Å². The molecule has 25 unspecified atom stereocenters. The van der Waals surface area contributed by atoms with Crippen LogP contribution in [0.4, 0.5) is 0 Å². The first-order valence-corrected chi connectivity index (χ1v) is 21.7. The van der Waals surface area contributed by atoms with Crippen LogP contribution in [-0.2, 0) is 52.2 Å². The summed E-state index contributed by atoms with van der Waals surface area (Å²) in [6.07, 6.45) is -43.1. The number of ether oxygens (including phenoxy) is 10. The Balaban J connectivity index is 1.32. The van der Waals surface area contributed by atoms with Crippen LogP contribution in [-0.4, -0.2) is 282 Å². The van der Waals surface area contributed by atoms with Crippen molar-refractivity contribution in [2.75, 3.05) is 46.1 Å². The van der Waals surface area contributed by atoms with Crippen LogP contribution in [0.2, 0.25) is 0 Å². The van der Waals surface area contributed by atoms with Crippen molar-refractivity contribution in [1.82, 2.24) is 5.32 Å². The van der Waals surface area contributed by atoms with E-state index in [9.17, 15) is 86.4 Å². The smallest absolute Gasteiger partial charge is 0.232 e. The average molecular weight is 984 g/mol.